The van der Waals surface area contributed by atoms with Crippen molar-refractivity contribution in [3.05, 3.63) is 48.8 Å². The number of H-pyrrole nitrogens is 1. The number of hydrogen-bond acceptors (Lipinski definition) is 6. The fourth-order valence-electron chi connectivity index (χ4n) is 3.52. The maximum Gasteiger partial charge on any atom is 0.407 e. The third-order valence-electron chi connectivity index (χ3n) is 4.91. The van der Waals surface area contributed by atoms with Gasteiger partial charge in [0, 0.05) is 36.1 Å². The van der Waals surface area contributed by atoms with Crippen molar-refractivity contribution in [2.24, 2.45) is 0 Å². The molecule has 1 unspecified atom stereocenters. The number of carbonyl (C=O) groups is 1. The van der Waals surface area contributed by atoms with Crippen molar-refractivity contribution in [3.63, 3.8) is 0 Å². The van der Waals surface area contributed by atoms with E-state index in [4.69, 9.17) is 4.74 Å². The monoisotopic (exact) mass is 395 g/mol. The molecule has 1 saturated carbocycles. The smallest absolute Gasteiger partial charge is 0.407 e. The zero-order valence-electron chi connectivity index (χ0n) is 16.5. The highest BCUT2D eigenvalue weighted by molar-refractivity contribution is 5.67. The molecule has 3 aromatic heterocycles. The average Bonchev–Trinajstić information content (AvgIpc) is 3.43. The Balaban J connectivity index is 1.32. The minimum absolute atomic E-state index is 0.0594. The summed E-state index contributed by atoms with van der Waals surface area (Å²) < 4.78 is 7.39. The van der Waals surface area contributed by atoms with Crippen LogP contribution < -0.4 is 10.6 Å². The van der Waals surface area contributed by atoms with Gasteiger partial charge in [0.1, 0.15) is 11.9 Å². The summed E-state index contributed by atoms with van der Waals surface area (Å²) >= 11 is 0. The van der Waals surface area contributed by atoms with Crippen LogP contribution in [0.25, 0.3) is 5.69 Å². The third-order valence-corrected chi connectivity index (χ3v) is 4.91. The number of aromatic amines is 1. The third kappa shape index (κ3) is 4.74. The number of alkyl carbamates (subject to hydrolysis) is 1. The molecule has 1 aliphatic carbocycles. The number of aromatic nitrogens is 5. The highest BCUT2D eigenvalue weighted by Crippen LogP contribution is 2.36. The molecular weight excluding hydrogens is 370 g/mol. The molecule has 29 heavy (non-hydrogen) atoms. The minimum atomic E-state index is -0.345. The van der Waals surface area contributed by atoms with Gasteiger partial charge >= 0.3 is 6.09 Å². The zero-order chi connectivity index (χ0) is 20.2. The van der Waals surface area contributed by atoms with Crippen molar-refractivity contribution >= 4 is 17.7 Å². The van der Waals surface area contributed by atoms with E-state index < -0.39 is 0 Å². The molecule has 0 aromatic carbocycles. The van der Waals surface area contributed by atoms with E-state index in [1.807, 2.05) is 42.8 Å². The Morgan fingerprint density at radius 3 is 2.93 bits per heavy atom. The fourth-order valence-corrected chi connectivity index (χ4v) is 3.52. The molecule has 0 spiro atoms. The van der Waals surface area contributed by atoms with Crippen molar-refractivity contribution in [2.45, 2.75) is 51.2 Å². The number of rotatable bonds is 6. The van der Waals surface area contributed by atoms with Gasteiger partial charge in [0.15, 0.2) is 5.82 Å². The lowest BCUT2D eigenvalue weighted by Crippen LogP contribution is -2.33. The first-order valence-corrected chi connectivity index (χ1v) is 9.80. The van der Waals surface area contributed by atoms with E-state index in [-0.39, 0.29) is 18.2 Å². The van der Waals surface area contributed by atoms with Crippen LogP contribution in [0.3, 0.4) is 0 Å². The van der Waals surface area contributed by atoms with Gasteiger partial charge in [0.2, 0.25) is 0 Å². The lowest BCUT2D eigenvalue weighted by molar-refractivity contribution is 0.0981. The zero-order valence-corrected chi connectivity index (χ0v) is 16.5. The molecular formula is C20H25N7O2. The predicted octanol–water partition coefficient (Wildman–Crippen LogP) is 3.50. The lowest BCUT2D eigenvalue weighted by atomic mass is 10.0. The van der Waals surface area contributed by atoms with E-state index in [1.54, 1.807) is 18.7 Å². The molecule has 1 amide bonds. The number of nitrogens with zero attached hydrogens (tertiary/aromatic N) is 4. The Kier molecular flexibility index (Phi) is 5.46. The molecule has 0 aliphatic heterocycles. The molecule has 152 valence electrons. The first kappa shape index (κ1) is 19.0. The quantitative estimate of drug-likeness (QED) is 0.589. The summed E-state index contributed by atoms with van der Waals surface area (Å²) in [5.41, 5.74) is 1.98. The Hall–Kier alpha value is -3.36. The maximum atomic E-state index is 11.8. The standard InChI is InChI=1S/C20H25N7O2/c1-13(2)23-20(28)29-16-5-3-14(9-16)17-10-19(26-25-17)24-18-6-4-15(11-22-18)27-8-7-21-12-27/h4,6-8,10-14,16H,3,5,9H2,1-2H3,(H,23,28)(H2,22,24,25,26)/t14?,16-/m1/s1. The van der Waals surface area contributed by atoms with Crippen LogP contribution in [-0.2, 0) is 4.74 Å². The number of ether oxygens (including phenoxy) is 1. The van der Waals surface area contributed by atoms with Gasteiger partial charge in [-0.3, -0.25) is 5.10 Å². The molecule has 1 aliphatic rings. The SMILES string of the molecule is CC(C)NC(=O)O[C@@H]1CCC(c2cc(Nc3ccc(-n4ccnc4)cn3)n[nH]2)C1. The van der Waals surface area contributed by atoms with Gasteiger partial charge in [-0.1, -0.05) is 0 Å². The molecule has 3 N–H and O–H groups in total. The number of pyridine rings is 1. The topological polar surface area (TPSA) is 110 Å². The van der Waals surface area contributed by atoms with Crippen molar-refractivity contribution in [1.29, 1.82) is 0 Å². The van der Waals surface area contributed by atoms with Gasteiger partial charge in [-0.05, 0) is 45.2 Å². The molecule has 3 aromatic rings. The lowest BCUT2D eigenvalue weighted by Gasteiger charge is -2.14. The second kappa shape index (κ2) is 8.34. The van der Waals surface area contributed by atoms with E-state index >= 15 is 0 Å². The number of imidazole rings is 1. The van der Waals surface area contributed by atoms with E-state index in [0.717, 1.165) is 30.6 Å². The van der Waals surface area contributed by atoms with E-state index in [9.17, 15) is 4.79 Å². The first-order chi connectivity index (χ1) is 14.1. The van der Waals surface area contributed by atoms with Crippen molar-refractivity contribution < 1.29 is 9.53 Å². The molecule has 2 atom stereocenters. The second-order valence-corrected chi connectivity index (χ2v) is 7.54. The molecule has 3 heterocycles. The highest BCUT2D eigenvalue weighted by Gasteiger charge is 2.30. The van der Waals surface area contributed by atoms with Gasteiger partial charge in [-0.25, -0.2) is 14.8 Å². The Labute approximate surface area is 168 Å². The van der Waals surface area contributed by atoms with E-state index in [1.165, 1.54) is 0 Å². The molecule has 0 radical (unpaired) electrons. The van der Waals surface area contributed by atoms with Crippen LogP contribution in [0.1, 0.15) is 44.7 Å². The number of hydrogen-bond donors (Lipinski definition) is 3. The number of anilines is 2. The molecule has 4 rings (SSSR count). The minimum Gasteiger partial charge on any atom is -0.446 e. The van der Waals surface area contributed by atoms with Crippen LogP contribution in [0, 0.1) is 0 Å². The van der Waals surface area contributed by atoms with Crippen LogP contribution in [0.4, 0.5) is 16.4 Å². The van der Waals surface area contributed by atoms with E-state index in [2.05, 4.69) is 30.8 Å². The molecule has 0 saturated heterocycles. The summed E-state index contributed by atoms with van der Waals surface area (Å²) in [6, 6.07) is 5.93. The van der Waals surface area contributed by atoms with Crippen LogP contribution in [-0.4, -0.2) is 43.0 Å². The molecule has 1 fully saturated rings. The molecule has 0 bridgehead atoms. The second-order valence-electron chi connectivity index (χ2n) is 7.54. The van der Waals surface area contributed by atoms with Crippen molar-refractivity contribution in [3.8, 4) is 5.69 Å². The molecule has 9 nitrogen and oxygen atoms in total. The van der Waals surface area contributed by atoms with E-state index in [0.29, 0.717) is 17.6 Å². The normalized spacial score (nSPS) is 18.7. The number of nitrogens with one attached hydrogen (secondary N) is 3. The van der Waals surface area contributed by atoms with Crippen LogP contribution in [0.2, 0.25) is 0 Å². The predicted molar refractivity (Wildman–Crippen MR) is 108 cm³/mol. The average molecular weight is 395 g/mol. The maximum absolute atomic E-state index is 11.8. The first-order valence-electron chi connectivity index (χ1n) is 9.80. The fraction of sp³-hybridized carbons (Fsp3) is 0.400. The van der Waals surface area contributed by atoms with Crippen LogP contribution in [0.5, 0.6) is 0 Å². The van der Waals surface area contributed by atoms with Crippen molar-refractivity contribution in [1.82, 2.24) is 30.0 Å². The van der Waals surface area contributed by atoms with Gasteiger partial charge in [-0.15, -0.1) is 0 Å². The number of amides is 1. The summed E-state index contributed by atoms with van der Waals surface area (Å²) in [5.74, 6) is 1.72. The summed E-state index contributed by atoms with van der Waals surface area (Å²) in [6.07, 6.45) is 9.31. The summed E-state index contributed by atoms with van der Waals surface area (Å²) in [5, 5.41) is 13.4. The summed E-state index contributed by atoms with van der Waals surface area (Å²) in [4.78, 5) is 20.2. The Morgan fingerprint density at radius 2 is 2.21 bits per heavy atom. The van der Waals surface area contributed by atoms with Crippen molar-refractivity contribution in [2.75, 3.05) is 5.32 Å². The van der Waals surface area contributed by atoms with Gasteiger partial charge < -0.3 is 19.9 Å². The van der Waals surface area contributed by atoms with Gasteiger partial charge in [-0.2, -0.15) is 5.10 Å². The highest BCUT2D eigenvalue weighted by atomic mass is 16.6. The number of carbonyl (C=O) groups excluding carboxylic acids is 1. The summed E-state index contributed by atoms with van der Waals surface area (Å²) in [6.45, 7) is 3.83. The van der Waals surface area contributed by atoms with Crippen LogP contribution >= 0.6 is 0 Å². The van der Waals surface area contributed by atoms with Crippen LogP contribution in [0.15, 0.2) is 43.1 Å². The molecule has 9 heteroatoms. The largest absolute Gasteiger partial charge is 0.446 e. The Morgan fingerprint density at radius 1 is 1.31 bits per heavy atom. The van der Waals surface area contributed by atoms with Gasteiger partial charge in [0.05, 0.1) is 18.2 Å². The Bertz CT molecular complexity index is 934. The summed E-state index contributed by atoms with van der Waals surface area (Å²) in [7, 11) is 0. The van der Waals surface area contributed by atoms with Gasteiger partial charge in [0.25, 0.3) is 0 Å².